The number of aryl methyl sites for hydroxylation is 1. The zero-order chi connectivity index (χ0) is 24.8. The van der Waals surface area contributed by atoms with Crippen molar-refractivity contribution >= 4 is 40.0 Å². The lowest BCUT2D eigenvalue weighted by Crippen LogP contribution is -2.17. The summed E-state index contributed by atoms with van der Waals surface area (Å²) in [7, 11) is 3.00. The summed E-state index contributed by atoms with van der Waals surface area (Å²) in [6.45, 7) is 4.38. The van der Waals surface area contributed by atoms with E-state index in [0.717, 1.165) is 53.3 Å². The molecule has 0 saturated heterocycles. The van der Waals surface area contributed by atoms with Gasteiger partial charge < -0.3 is 19.4 Å². The van der Waals surface area contributed by atoms with Gasteiger partial charge in [-0.25, -0.2) is 4.79 Å². The Kier molecular flexibility index (Phi) is 8.25. The lowest BCUT2D eigenvalue weighted by Gasteiger charge is -2.11. The van der Waals surface area contributed by atoms with Gasteiger partial charge in [-0.05, 0) is 48.9 Å². The number of hydrogen-bond donors (Lipinski definition) is 1. The van der Waals surface area contributed by atoms with E-state index in [-0.39, 0.29) is 11.7 Å². The molecule has 10 heteroatoms. The average Bonchev–Trinajstić information content (AvgIpc) is 3.43. The first kappa shape index (κ1) is 25.0. The third-order valence-electron chi connectivity index (χ3n) is 5.77. The van der Waals surface area contributed by atoms with Crippen LogP contribution >= 0.6 is 23.1 Å². The van der Waals surface area contributed by atoms with E-state index in [1.807, 2.05) is 28.8 Å². The molecule has 0 aliphatic heterocycles. The Bertz CT molecular complexity index is 1220. The molecule has 35 heavy (non-hydrogen) atoms. The molecule has 2 heterocycles. The summed E-state index contributed by atoms with van der Waals surface area (Å²) in [6.07, 6.45) is 6.27. The summed E-state index contributed by atoms with van der Waals surface area (Å²) in [6, 6.07) is 7.81. The predicted octanol–water partition coefficient (Wildman–Crippen LogP) is 4.52. The fourth-order valence-electron chi connectivity index (χ4n) is 4.06. The average molecular weight is 513 g/mol. The molecule has 1 aliphatic carbocycles. The van der Waals surface area contributed by atoms with Crippen molar-refractivity contribution in [1.82, 2.24) is 14.8 Å². The molecule has 0 spiro atoms. The molecule has 0 bridgehead atoms. The van der Waals surface area contributed by atoms with E-state index in [1.165, 1.54) is 30.2 Å². The topological polar surface area (TPSA) is 95.3 Å². The summed E-state index contributed by atoms with van der Waals surface area (Å²) in [5.41, 5.74) is 2.60. The molecule has 184 valence electrons. The van der Waals surface area contributed by atoms with Crippen molar-refractivity contribution in [2.45, 2.75) is 43.8 Å². The number of thioether (sulfide) groups is 1. The van der Waals surface area contributed by atoms with Crippen LogP contribution in [0.1, 0.15) is 45.0 Å². The van der Waals surface area contributed by atoms with Gasteiger partial charge in [-0.1, -0.05) is 30.0 Å². The van der Waals surface area contributed by atoms with Crippen LogP contribution in [0.4, 0.5) is 5.00 Å². The normalized spacial score (nSPS) is 12.6. The summed E-state index contributed by atoms with van der Waals surface area (Å²) in [5, 5.41) is 12.8. The summed E-state index contributed by atoms with van der Waals surface area (Å²) >= 11 is 2.78. The van der Waals surface area contributed by atoms with Crippen LogP contribution in [-0.4, -0.2) is 46.6 Å². The molecule has 1 aliphatic rings. The second-order valence-electron chi connectivity index (χ2n) is 8.07. The molecule has 0 radical (unpaired) electrons. The van der Waals surface area contributed by atoms with Crippen molar-refractivity contribution < 1.29 is 19.1 Å². The van der Waals surface area contributed by atoms with Crippen molar-refractivity contribution in [2.24, 2.45) is 0 Å². The van der Waals surface area contributed by atoms with Crippen molar-refractivity contribution in [2.75, 3.05) is 25.3 Å². The molecular weight excluding hydrogens is 484 g/mol. The third kappa shape index (κ3) is 5.76. The highest BCUT2D eigenvalue weighted by Crippen LogP contribution is 2.38. The molecule has 4 rings (SSSR count). The maximum Gasteiger partial charge on any atom is 0.341 e. The monoisotopic (exact) mass is 512 g/mol. The van der Waals surface area contributed by atoms with E-state index in [1.54, 1.807) is 13.2 Å². The van der Waals surface area contributed by atoms with Gasteiger partial charge in [0, 0.05) is 17.8 Å². The van der Waals surface area contributed by atoms with E-state index in [0.29, 0.717) is 28.7 Å². The van der Waals surface area contributed by atoms with E-state index >= 15 is 0 Å². The van der Waals surface area contributed by atoms with Gasteiger partial charge in [-0.3, -0.25) is 4.79 Å². The second-order valence-corrected chi connectivity index (χ2v) is 10.1. The first-order chi connectivity index (χ1) is 17.0. The van der Waals surface area contributed by atoms with E-state index in [9.17, 15) is 9.59 Å². The van der Waals surface area contributed by atoms with Crippen molar-refractivity contribution in [3.8, 4) is 5.75 Å². The molecule has 1 aromatic carbocycles. The SMILES string of the molecule is C=CCn1c(Cc2ccc(OC)cc2)nnc1SCC(=O)Nc1sc2c(c1C(=O)OC)CCCC2. The number of methoxy groups -OCH3 is 2. The van der Waals surface area contributed by atoms with Crippen molar-refractivity contribution in [3.05, 3.63) is 64.3 Å². The molecule has 2 aromatic heterocycles. The zero-order valence-corrected chi connectivity index (χ0v) is 21.5. The first-order valence-corrected chi connectivity index (χ1v) is 13.2. The Hall–Kier alpha value is -3.11. The number of aromatic nitrogens is 3. The van der Waals surface area contributed by atoms with E-state index in [4.69, 9.17) is 9.47 Å². The molecular formula is C25H28N4O4S2. The number of esters is 1. The summed E-state index contributed by atoms with van der Waals surface area (Å²) in [5.74, 6) is 1.12. The number of hydrogen-bond acceptors (Lipinski definition) is 8. The van der Waals surface area contributed by atoms with Gasteiger partial charge >= 0.3 is 5.97 Å². The van der Waals surface area contributed by atoms with Crippen LogP contribution in [0.15, 0.2) is 42.1 Å². The molecule has 0 saturated carbocycles. The van der Waals surface area contributed by atoms with E-state index < -0.39 is 5.97 Å². The highest BCUT2D eigenvalue weighted by atomic mass is 32.2. The van der Waals surface area contributed by atoms with Crippen LogP contribution < -0.4 is 10.1 Å². The van der Waals surface area contributed by atoms with Crippen LogP contribution in [0.25, 0.3) is 0 Å². The third-order valence-corrected chi connectivity index (χ3v) is 7.95. The highest BCUT2D eigenvalue weighted by Gasteiger charge is 2.27. The number of benzene rings is 1. The maximum atomic E-state index is 12.8. The number of amides is 1. The van der Waals surface area contributed by atoms with E-state index in [2.05, 4.69) is 22.1 Å². The van der Waals surface area contributed by atoms with Crippen LogP contribution in [0, 0.1) is 0 Å². The van der Waals surface area contributed by atoms with Crippen LogP contribution in [0.2, 0.25) is 0 Å². The number of nitrogens with one attached hydrogen (secondary N) is 1. The molecule has 0 atom stereocenters. The molecule has 0 unspecified atom stereocenters. The first-order valence-electron chi connectivity index (χ1n) is 11.4. The Labute approximate surface area is 212 Å². The molecule has 8 nitrogen and oxygen atoms in total. The number of anilines is 1. The van der Waals surface area contributed by atoms with Crippen molar-refractivity contribution in [3.63, 3.8) is 0 Å². The number of carbonyl (C=O) groups is 2. The number of nitrogens with zero attached hydrogens (tertiary/aromatic N) is 3. The largest absolute Gasteiger partial charge is 0.497 e. The Morgan fingerprint density at radius 2 is 1.97 bits per heavy atom. The predicted molar refractivity (Wildman–Crippen MR) is 138 cm³/mol. The zero-order valence-electron chi connectivity index (χ0n) is 19.8. The van der Waals surface area contributed by atoms with Gasteiger partial charge in [0.25, 0.3) is 0 Å². The number of fused-ring (bicyclic) bond motifs is 1. The van der Waals surface area contributed by atoms with Crippen LogP contribution in [0.5, 0.6) is 5.75 Å². The van der Waals surface area contributed by atoms with Gasteiger partial charge in [0.2, 0.25) is 5.91 Å². The second kappa shape index (κ2) is 11.5. The van der Waals surface area contributed by atoms with Crippen LogP contribution in [0.3, 0.4) is 0 Å². The number of carbonyl (C=O) groups excluding carboxylic acids is 2. The smallest absolute Gasteiger partial charge is 0.341 e. The minimum Gasteiger partial charge on any atom is -0.497 e. The number of thiophene rings is 1. The van der Waals surface area contributed by atoms with Crippen LogP contribution in [-0.2, 0) is 35.3 Å². The maximum absolute atomic E-state index is 12.8. The van der Waals surface area contributed by atoms with Gasteiger partial charge in [0.05, 0.1) is 25.5 Å². The Morgan fingerprint density at radius 3 is 2.69 bits per heavy atom. The quantitative estimate of drug-likeness (QED) is 0.242. The number of allylic oxidation sites excluding steroid dienone is 1. The molecule has 1 amide bonds. The van der Waals surface area contributed by atoms with Gasteiger partial charge in [-0.15, -0.1) is 28.1 Å². The van der Waals surface area contributed by atoms with Gasteiger partial charge in [0.15, 0.2) is 5.16 Å². The summed E-state index contributed by atoms with van der Waals surface area (Å²) < 4.78 is 12.2. The van der Waals surface area contributed by atoms with Gasteiger partial charge in [0.1, 0.15) is 16.6 Å². The lowest BCUT2D eigenvalue weighted by atomic mass is 9.95. The minimum absolute atomic E-state index is 0.140. The molecule has 1 N–H and O–H groups in total. The summed E-state index contributed by atoms with van der Waals surface area (Å²) in [4.78, 5) is 26.4. The highest BCUT2D eigenvalue weighted by molar-refractivity contribution is 7.99. The standard InChI is InChI=1S/C25H28N4O4S2/c1-4-13-29-20(14-16-9-11-17(32-2)12-10-16)27-28-25(29)34-15-21(30)26-23-22(24(31)33-3)18-7-5-6-8-19(18)35-23/h4,9-12H,1,5-8,13-15H2,2-3H3,(H,26,30). The van der Waals surface area contributed by atoms with Gasteiger partial charge in [-0.2, -0.15) is 0 Å². The number of ether oxygens (including phenoxy) is 2. The molecule has 3 aromatic rings. The van der Waals surface area contributed by atoms with Crippen molar-refractivity contribution in [1.29, 1.82) is 0 Å². The fraction of sp³-hybridized carbons (Fsp3) is 0.360. The number of rotatable bonds is 10. The Morgan fingerprint density at radius 1 is 1.20 bits per heavy atom. The minimum atomic E-state index is -0.402. The lowest BCUT2D eigenvalue weighted by molar-refractivity contribution is -0.113. The Balaban J connectivity index is 1.45. The molecule has 0 fully saturated rings. The fourth-order valence-corrected chi connectivity index (χ4v) is 6.12.